The SMILES string of the molecule is CN1CCN(c2ccc(NC(=O)C(=O)NCCN3C(=O)CSC3=O)cc2)CC1. The number of nitrogens with zero attached hydrogens (tertiary/aromatic N) is 3. The number of anilines is 2. The average molecular weight is 405 g/mol. The number of likely N-dealkylation sites (N-methyl/N-ethyl adjacent to an activating group) is 1. The number of carbonyl (C=O) groups is 4. The molecule has 10 heteroatoms. The molecule has 0 aromatic heterocycles. The molecule has 2 saturated heterocycles. The maximum atomic E-state index is 12.0. The van der Waals surface area contributed by atoms with E-state index in [2.05, 4.69) is 27.5 Å². The summed E-state index contributed by atoms with van der Waals surface area (Å²) in [7, 11) is 2.10. The molecule has 0 bridgehead atoms. The van der Waals surface area contributed by atoms with Gasteiger partial charge >= 0.3 is 11.8 Å². The third kappa shape index (κ3) is 5.02. The van der Waals surface area contributed by atoms with Crippen molar-refractivity contribution >= 4 is 46.1 Å². The van der Waals surface area contributed by atoms with Crippen LogP contribution in [0.4, 0.5) is 16.2 Å². The number of amides is 4. The van der Waals surface area contributed by atoms with Gasteiger partial charge < -0.3 is 20.4 Å². The molecule has 2 aliphatic heterocycles. The van der Waals surface area contributed by atoms with Crippen molar-refractivity contribution in [2.75, 3.05) is 62.3 Å². The van der Waals surface area contributed by atoms with Crippen LogP contribution >= 0.6 is 11.8 Å². The van der Waals surface area contributed by atoms with Crippen molar-refractivity contribution in [3.8, 4) is 0 Å². The molecule has 2 N–H and O–H groups in total. The molecule has 2 fully saturated rings. The Morgan fingerprint density at radius 1 is 1.04 bits per heavy atom. The molecular formula is C18H23N5O4S. The van der Waals surface area contributed by atoms with Gasteiger partial charge in [-0.05, 0) is 31.3 Å². The van der Waals surface area contributed by atoms with Crippen LogP contribution in [-0.2, 0) is 14.4 Å². The van der Waals surface area contributed by atoms with E-state index in [1.165, 1.54) is 0 Å². The van der Waals surface area contributed by atoms with E-state index in [4.69, 9.17) is 0 Å². The minimum Gasteiger partial charge on any atom is -0.369 e. The molecule has 28 heavy (non-hydrogen) atoms. The van der Waals surface area contributed by atoms with Crippen LogP contribution < -0.4 is 15.5 Å². The van der Waals surface area contributed by atoms with Gasteiger partial charge in [0, 0.05) is 50.6 Å². The summed E-state index contributed by atoms with van der Waals surface area (Å²) in [5.41, 5.74) is 1.60. The number of imide groups is 1. The summed E-state index contributed by atoms with van der Waals surface area (Å²) in [5, 5.41) is 4.63. The summed E-state index contributed by atoms with van der Waals surface area (Å²) >= 11 is 0.931. The predicted octanol–water partition coefficient (Wildman–Crippen LogP) is 0.189. The fourth-order valence-corrected chi connectivity index (χ4v) is 3.72. The van der Waals surface area contributed by atoms with Crippen molar-refractivity contribution in [3.63, 3.8) is 0 Å². The first-order valence-corrected chi connectivity index (χ1v) is 10.0. The minimum atomic E-state index is -0.810. The number of piperazine rings is 1. The van der Waals surface area contributed by atoms with Gasteiger partial charge in [-0.1, -0.05) is 11.8 Å². The van der Waals surface area contributed by atoms with Crippen molar-refractivity contribution in [3.05, 3.63) is 24.3 Å². The second-order valence-electron chi connectivity index (χ2n) is 6.65. The molecular weight excluding hydrogens is 382 g/mol. The molecule has 3 rings (SSSR count). The number of nitrogens with one attached hydrogen (secondary N) is 2. The highest BCUT2D eigenvalue weighted by Gasteiger charge is 2.29. The molecule has 0 aliphatic carbocycles. The van der Waals surface area contributed by atoms with Crippen LogP contribution in [0.15, 0.2) is 24.3 Å². The molecule has 0 spiro atoms. The predicted molar refractivity (Wildman–Crippen MR) is 107 cm³/mol. The first kappa shape index (κ1) is 20.2. The summed E-state index contributed by atoms with van der Waals surface area (Å²) in [6.45, 7) is 4.00. The molecule has 2 heterocycles. The summed E-state index contributed by atoms with van der Waals surface area (Å²) in [6, 6.07) is 7.36. The lowest BCUT2D eigenvalue weighted by molar-refractivity contribution is -0.136. The van der Waals surface area contributed by atoms with E-state index in [-0.39, 0.29) is 30.0 Å². The smallest absolute Gasteiger partial charge is 0.313 e. The van der Waals surface area contributed by atoms with Crippen molar-refractivity contribution in [1.82, 2.24) is 15.1 Å². The monoisotopic (exact) mass is 405 g/mol. The van der Waals surface area contributed by atoms with E-state index >= 15 is 0 Å². The van der Waals surface area contributed by atoms with Gasteiger partial charge in [0.05, 0.1) is 5.75 Å². The quantitative estimate of drug-likeness (QED) is 0.674. The Bertz CT molecular complexity index is 746. The lowest BCUT2D eigenvalue weighted by Crippen LogP contribution is -2.44. The molecule has 0 radical (unpaired) electrons. The third-order valence-electron chi connectivity index (χ3n) is 4.66. The molecule has 2 aliphatic rings. The number of hydrogen-bond donors (Lipinski definition) is 2. The van der Waals surface area contributed by atoms with Crippen LogP contribution in [0.1, 0.15) is 0 Å². The van der Waals surface area contributed by atoms with Crippen molar-refractivity contribution in [1.29, 1.82) is 0 Å². The highest BCUT2D eigenvalue weighted by Crippen LogP contribution is 2.19. The van der Waals surface area contributed by atoms with Gasteiger partial charge in [0.15, 0.2) is 0 Å². The first-order valence-electron chi connectivity index (χ1n) is 9.04. The maximum Gasteiger partial charge on any atom is 0.313 e. The summed E-state index contributed by atoms with van der Waals surface area (Å²) in [6.07, 6.45) is 0. The number of thioether (sulfide) groups is 1. The lowest BCUT2D eigenvalue weighted by atomic mass is 10.2. The Morgan fingerprint density at radius 3 is 2.32 bits per heavy atom. The van der Waals surface area contributed by atoms with Gasteiger partial charge in [-0.2, -0.15) is 0 Å². The zero-order valence-electron chi connectivity index (χ0n) is 15.6. The van der Waals surface area contributed by atoms with Crippen molar-refractivity contribution in [2.45, 2.75) is 0 Å². The van der Waals surface area contributed by atoms with Gasteiger partial charge in [0.2, 0.25) is 5.91 Å². The molecule has 0 unspecified atom stereocenters. The van der Waals surface area contributed by atoms with Crippen LogP contribution in [0.2, 0.25) is 0 Å². The Kier molecular flexibility index (Phi) is 6.53. The van der Waals surface area contributed by atoms with E-state index in [0.29, 0.717) is 5.69 Å². The van der Waals surface area contributed by atoms with Crippen LogP contribution in [0, 0.1) is 0 Å². The summed E-state index contributed by atoms with van der Waals surface area (Å²) in [4.78, 5) is 52.5. The van der Waals surface area contributed by atoms with E-state index in [0.717, 1.165) is 48.5 Å². The van der Waals surface area contributed by atoms with Gasteiger partial charge in [0.1, 0.15) is 0 Å². The number of hydrogen-bond acceptors (Lipinski definition) is 7. The summed E-state index contributed by atoms with van der Waals surface area (Å²) < 4.78 is 0. The van der Waals surface area contributed by atoms with Crippen LogP contribution in [0.3, 0.4) is 0 Å². The van der Waals surface area contributed by atoms with E-state index in [9.17, 15) is 19.2 Å². The molecule has 4 amide bonds. The first-order chi connectivity index (χ1) is 13.4. The number of rotatable bonds is 5. The van der Waals surface area contributed by atoms with Crippen LogP contribution in [-0.4, -0.2) is 84.8 Å². The zero-order valence-corrected chi connectivity index (χ0v) is 16.5. The average Bonchev–Trinajstić information content (AvgIpc) is 3.01. The molecule has 0 atom stereocenters. The van der Waals surface area contributed by atoms with Crippen LogP contribution in [0.25, 0.3) is 0 Å². The highest BCUT2D eigenvalue weighted by atomic mass is 32.2. The second kappa shape index (κ2) is 9.07. The normalized spacial score (nSPS) is 17.8. The Labute approximate surface area is 167 Å². The Balaban J connectivity index is 1.44. The third-order valence-corrected chi connectivity index (χ3v) is 5.52. The largest absolute Gasteiger partial charge is 0.369 e. The summed E-state index contributed by atoms with van der Waals surface area (Å²) in [5.74, 6) is -1.76. The van der Waals surface area contributed by atoms with Gasteiger partial charge in [0.25, 0.3) is 5.24 Å². The fourth-order valence-electron chi connectivity index (χ4n) is 2.97. The van der Waals surface area contributed by atoms with E-state index in [1.807, 2.05) is 12.1 Å². The molecule has 150 valence electrons. The van der Waals surface area contributed by atoms with E-state index in [1.54, 1.807) is 12.1 Å². The standard InChI is InChI=1S/C18H23N5O4S/c1-21-8-10-22(11-9-21)14-4-2-13(3-5-14)20-17(26)16(25)19-6-7-23-15(24)12-28-18(23)27/h2-5H,6-12H2,1H3,(H,19,25)(H,20,26). The molecule has 9 nitrogen and oxygen atoms in total. The zero-order chi connectivity index (χ0) is 20.1. The molecule has 1 aromatic carbocycles. The second-order valence-corrected chi connectivity index (χ2v) is 7.57. The van der Waals surface area contributed by atoms with E-state index < -0.39 is 11.8 Å². The van der Waals surface area contributed by atoms with Gasteiger partial charge in [-0.3, -0.25) is 24.1 Å². The Morgan fingerprint density at radius 2 is 1.71 bits per heavy atom. The van der Waals surface area contributed by atoms with Gasteiger partial charge in [-0.15, -0.1) is 0 Å². The van der Waals surface area contributed by atoms with Crippen LogP contribution in [0.5, 0.6) is 0 Å². The fraction of sp³-hybridized carbons (Fsp3) is 0.444. The molecule has 0 saturated carbocycles. The van der Waals surface area contributed by atoms with Crippen molar-refractivity contribution in [2.24, 2.45) is 0 Å². The maximum absolute atomic E-state index is 12.0. The number of benzene rings is 1. The lowest BCUT2D eigenvalue weighted by Gasteiger charge is -2.34. The highest BCUT2D eigenvalue weighted by molar-refractivity contribution is 8.14. The van der Waals surface area contributed by atoms with Gasteiger partial charge in [-0.25, -0.2) is 0 Å². The van der Waals surface area contributed by atoms with Crippen molar-refractivity contribution < 1.29 is 19.2 Å². The number of carbonyl (C=O) groups excluding carboxylic acids is 4. The topological polar surface area (TPSA) is 102 Å². The molecule has 1 aromatic rings. The Hall–Kier alpha value is -2.59. The minimum absolute atomic E-state index is 0.0344.